The summed E-state index contributed by atoms with van der Waals surface area (Å²) in [5.41, 5.74) is 14.0. The van der Waals surface area contributed by atoms with Gasteiger partial charge in [0, 0.05) is 16.3 Å². The molecule has 8 rings (SSSR count). The van der Waals surface area contributed by atoms with Gasteiger partial charge in [-0.1, -0.05) is 113 Å². The molecular formula is C44H34N2O2. The molecule has 0 atom stereocenters. The molecule has 0 saturated heterocycles. The quantitative estimate of drug-likeness (QED) is 0.185. The smallest absolute Gasteiger partial charge is 0.231 e. The van der Waals surface area contributed by atoms with Crippen molar-refractivity contribution in [1.29, 1.82) is 5.26 Å². The number of aromatic nitrogens is 1. The molecule has 0 saturated carbocycles. The predicted molar refractivity (Wildman–Crippen MR) is 196 cm³/mol. The number of furan rings is 1. The molecule has 0 radical (unpaired) electrons. The summed E-state index contributed by atoms with van der Waals surface area (Å²) in [6.07, 6.45) is 0. The summed E-state index contributed by atoms with van der Waals surface area (Å²) in [4.78, 5) is 5.03. The maximum Gasteiger partial charge on any atom is 0.231 e. The van der Waals surface area contributed by atoms with Gasteiger partial charge >= 0.3 is 0 Å². The van der Waals surface area contributed by atoms with Gasteiger partial charge in [0.15, 0.2) is 5.58 Å². The number of para-hydroxylation sites is 2. The lowest BCUT2D eigenvalue weighted by Crippen LogP contribution is -2.01. The number of hydrogen-bond acceptors (Lipinski definition) is 4. The van der Waals surface area contributed by atoms with Gasteiger partial charge in [0.1, 0.15) is 16.7 Å². The molecule has 0 aliphatic heterocycles. The topological polar surface area (TPSA) is 63.0 Å². The van der Waals surface area contributed by atoms with E-state index in [1.165, 1.54) is 27.8 Å². The van der Waals surface area contributed by atoms with Crippen LogP contribution >= 0.6 is 0 Å². The normalized spacial score (nSPS) is 11.7. The van der Waals surface area contributed by atoms with Gasteiger partial charge in [0.05, 0.1) is 17.2 Å². The lowest BCUT2D eigenvalue weighted by molar-refractivity contribution is 0.616. The molecular weight excluding hydrogens is 588 g/mol. The molecule has 48 heavy (non-hydrogen) atoms. The Labute approximate surface area is 279 Å². The summed E-state index contributed by atoms with van der Waals surface area (Å²) in [5.74, 6) is 1.14. The third kappa shape index (κ3) is 4.96. The second kappa shape index (κ2) is 11.7. The van der Waals surface area contributed by atoms with Crippen LogP contribution in [0.2, 0.25) is 0 Å². The van der Waals surface area contributed by atoms with Crippen molar-refractivity contribution in [2.45, 2.75) is 39.5 Å². The first-order valence-electron chi connectivity index (χ1n) is 16.5. The monoisotopic (exact) mass is 622 g/mol. The summed E-state index contributed by atoms with van der Waals surface area (Å²) in [6.45, 7) is 9.05. The maximum absolute atomic E-state index is 9.20. The van der Waals surface area contributed by atoms with E-state index in [-0.39, 0.29) is 0 Å². The number of nitriles is 1. The molecule has 0 unspecified atom stereocenters. The van der Waals surface area contributed by atoms with E-state index in [4.69, 9.17) is 13.8 Å². The summed E-state index contributed by atoms with van der Waals surface area (Å²) >= 11 is 0. The minimum Gasteiger partial charge on any atom is -0.455 e. The highest BCUT2D eigenvalue weighted by molar-refractivity contribution is 6.10. The van der Waals surface area contributed by atoms with Crippen LogP contribution < -0.4 is 0 Å². The van der Waals surface area contributed by atoms with Crippen LogP contribution in [0.5, 0.6) is 0 Å². The molecule has 0 amide bonds. The number of nitrogens with zero attached hydrogens (tertiary/aromatic N) is 2. The van der Waals surface area contributed by atoms with Crippen molar-refractivity contribution in [3.8, 4) is 50.9 Å². The maximum atomic E-state index is 9.20. The van der Waals surface area contributed by atoms with E-state index in [9.17, 15) is 5.26 Å². The van der Waals surface area contributed by atoms with Crippen LogP contribution in [0, 0.1) is 11.3 Å². The average molecular weight is 623 g/mol. The van der Waals surface area contributed by atoms with Gasteiger partial charge in [-0.2, -0.15) is 5.26 Å². The fraction of sp³-hybridized carbons (Fsp3) is 0.136. The Morgan fingerprint density at radius 1 is 0.562 bits per heavy atom. The Hall–Kier alpha value is -5.92. The standard InChI is InChI=1S/C44H34N2O2/c1-26(2)37-22-32(29-10-6-5-7-11-29)23-38(27(3)4)41(37)35-13-9-15-39-43(35)48-44(46-39)36-14-8-12-34-33-21-20-31(24-40(33)47-42(34)36)30-18-16-28(25-45)17-19-30/h5-24,26-27H,1-4H3. The number of benzene rings is 6. The molecule has 2 heterocycles. The van der Waals surface area contributed by atoms with Gasteiger partial charge < -0.3 is 8.83 Å². The van der Waals surface area contributed by atoms with E-state index in [0.29, 0.717) is 23.3 Å². The molecule has 2 aromatic heterocycles. The molecule has 4 nitrogen and oxygen atoms in total. The van der Waals surface area contributed by atoms with Crippen LogP contribution in [0.3, 0.4) is 0 Å². The molecule has 4 heteroatoms. The molecule has 0 bridgehead atoms. The number of oxazole rings is 1. The highest BCUT2D eigenvalue weighted by Gasteiger charge is 2.23. The number of fused-ring (bicyclic) bond motifs is 4. The van der Waals surface area contributed by atoms with Gasteiger partial charge in [0.2, 0.25) is 5.89 Å². The van der Waals surface area contributed by atoms with Crippen molar-refractivity contribution < 1.29 is 8.83 Å². The van der Waals surface area contributed by atoms with Gasteiger partial charge in [-0.05, 0) is 87.2 Å². The SMILES string of the molecule is CC(C)c1cc(-c2ccccc2)cc(C(C)C)c1-c1cccc2nc(-c3cccc4c3oc3cc(-c5ccc(C#N)cc5)ccc34)oc12. The fourth-order valence-electron chi connectivity index (χ4n) is 6.85. The van der Waals surface area contributed by atoms with Crippen LogP contribution in [0.1, 0.15) is 56.2 Å². The average Bonchev–Trinajstić information content (AvgIpc) is 3.73. The lowest BCUT2D eigenvalue weighted by atomic mass is 9.82. The van der Waals surface area contributed by atoms with Gasteiger partial charge in [-0.25, -0.2) is 4.98 Å². The molecule has 0 spiro atoms. The molecule has 0 aliphatic carbocycles. The third-order valence-electron chi connectivity index (χ3n) is 9.31. The van der Waals surface area contributed by atoms with Crippen molar-refractivity contribution >= 4 is 33.0 Å². The highest BCUT2D eigenvalue weighted by Crippen LogP contribution is 2.44. The highest BCUT2D eigenvalue weighted by atomic mass is 16.4. The van der Waals surface area contributed by atoms with E-state index in [0.717, 1.165) is 55.3 Å². The van der Waals surface area contributed by atoms with E-state index in [1.54, 1.807) is 0 Å². The fourth-order valence-corrected chi connectivity index (χ4v) is 6.85. The van der Waals surface area contributed by atoms with Gasteiger partial charge in [0.25, 0.3) is 0 Å². The first-order chi connectivity index (χ1) is 23.4. The van der Waals surface area contributed by atoms with E-state index >= 15 is 0 Å². The van der Waals surface area contributed by atoms with Crippen molar-refractivity contribution in [2.75, 3.05) is 0 Å². The van der Waals surface area contributed by atoms with Crippen molar-refractivity contribution in [2.24, 2.45) is 0 Å². The number of rotatable bonds is 6. The Kier molecular flexibility index (Phi) is 7.19. The molecule has 0 N–H and O–H groups in total. The number of hydrogen-bond donors (Lipinski definition) is 0. The minimum absolute atomic E-state index is 0.303. The Balaban J connectivity index is 1.28. The minimum atomic E-state index is 0.303. The third-order valence-corrected chi connectivity index (χ3v) is 9.31. The first kappa shape index (κ1) is 29.5. The van der Waals surface area contributed by atoms with Crippen LogP contribution in [0.4, 0.5) is 0 Å². The largest absolute Gasteiger partial charge is 0.455 e. The van der Waals surface area contributed by atoms with Crippen molar-refractivity contribution in [3.05, 3.63) is 138 Å². The molecule has 6 aromatic carbocycles. The van der Waals surface area contributed by atoms with Gasteiger partial charge in [-0.15, -0.1) is 0 Å². The second-order valence-corrected chi connectivity index (χ2v) is 13.1. The van der Waals surface area contributed by atoms with E-state index < -0.39 is 0 Å². The lowest BCUT2D eigenvalue weighted by Gasteiger charge is -2.22. The summed E-state index contributed by atoms with van der Waals surface area (Å²) in [7, 11) is 0. The zero-order chi connectivity index (χ0) is 32.9. The second-order valence-electron chi connectivity index (χ2n) is 13.1. The Morgan fingerprint density at radius 3 is 1.94 bits per heavy atom. The summed E-state index contributed by atoms with van der Waals surface area (Å²) in [6, 6.07) is 43.8. The zero-order valence-corrected chi connectivity index (χ0v) is 27.4. The molecule has 8 aromatic rings. The van der Waals surface area contributed by atoms with E-state index in [1.807, 2.05) is 42.5 Å². The van der Waals surface area contributed by atoms with Crippen LogP contribution in [-0.2, 0) is 0 Å². The summed E-state index contributed by atoms with van der Waals surface area (Å²) in [5, 5.41) is 11.2. The molecule has 232 valence electrons. The molecule has 0 aliphatic rings. The van der Waals surface area contributed by atoms with Gasteiger partial charge in [-0.3, -0.25) is 0 Å². The van der Waals surface area contributed by atoms with Crippen molar-refractivity contribution in [3.63, 3.8) is 0 Å². The Bertz CT molecular complexity index is 2480. The molecule has 0 fully saturated rings. The van der Waals surface area contributed by atoms with Crippen molar-refractivity contribution in [1.82, 2.24) is 4.98 Å². The van der Waals surface area contributed by atoms with E-state index in [2.05, 4.69) is 113 Å². The van der Waals surface area contributed by atoms with Crippen LogP contribution in [0.25, 0.3) is 77.9 Å². The first-order valence-corrected chi connectivity index (χ1v) is 16.5. The van der Waals surface area contributed by atoms with Crippen LogP contribution in [-0.4, -0.2) is 4.98 Å². The van der Waals surface area contributed by atoms with Crippen LogP contribution in [0.15, 0.2) is 130 Å². The Morgan fingerprint density at radius 2 is 1.23 bits per heavy atom. The summed E-state index contributed by atoms with van der Waals surface area (Å²) < 4.78 is 13.3. The zero-order valence-electron chi connectivity index (χ0n) is 27.4. The predicted octanol–water partition coefficient (Wildman–Crippen LogP) is 12.5.